The smallest absolute Gasteiger partial charge is 0.251 e. The maximum atomic E-state index is 12.2. The van der Waals surface area contributed by atoms with Crippen molar-refractivity contribution in [3.63, 3.8) is 0 Å². The summed E-state index contributed by atoms with van der Waals surface area (Å²) in [5.74, 6) is 0.149. The zero-order valence-corrected chi connectivity index (χ0v) is 14.0. The number of hydrogen-bond acceptors (Lipinski definition) is 5. The Balaban J connectivity index is 1.54. The van der Waals surface area contributed by atoms with E-state index in [1.807, 2.05) is 0 Å². The molecule has 0 saturated carbocycles. The second-order valence-electron chi connectivity index (χ2n) is 5.56. The van der Waals surface area contributed by atoms with E-state index in [2.05, 4.69) is 16.0 Å². The summed E-state index contributed by atoms with van der Waals surface area (Å²) in [4.78, 5) is 35.2. The highest BCUT2D eigenvalue weighted by atomic mass is 16.7. The molecule has 8 heteroatoms. The summed E-state index contributed by atoms with van der Waals surface area (Å²) in [7, 11) is 0. The summed E-state index contributed by atoms with van der Waals surface area (Å²) in [6, 6.07) is 11.5. The number of ether oxygens (including phenoxy) is 2. The number of anilines is 2. The van der Waals surface area contributed by atoms with Gasteiger partial charge in [0, 0.05) is 29.9 Å². The van der Waals surface area contributed by atoms with Crippen LogP contribution in [0.5, 0.6) is 11.5 Å². The van der Waals surface area contributed by atoms with Gasteiger partial charge < -0.3 is 25.4 Å². The van der Waals surface area contributed by atoms with Gasteiger partial charge in [-0.3, -0.25) is 14.4 Å². The van der Waals surface area contributed by atoms with Crippen molar-refractivity contribution in [3.8, 4) is 11.5 Å². The Hall–Kier alpha value is -3.55. The molecule has 3 rings (SSSR count). The first kappa shape index (κ1) is 17.3. The molecule has 3 amide bonds. The van der Waals surface area contributed by atoms with Crippen molar-refractivity contribution in [3.05, 3.63) is 48.0 Å². The van der Waals surface area contributed by atoms with Crippen LogP contribution in [0.15, 0.2) is 42.5 Å². The van der Waals surface area contributed by atoms with Crippen LogP contribution in [0.25, 0.3) is 0 Å². The highest BCUT2D eigenvalue weighted by Crippen LogP contribution is 2.34. The molecule has 0 unspecified atom stereocenters. The van der Waals surface area contributed by atoms with E-state index in [9.17, 15) is 14.4 Å². The van der Waals surface area contributed by atoms with Gasteiger partial charge in [-0.1, -0.05) is 6.07 Å². The molecular formula is C18H17N3O5. The predicted molar refractivity (Wildman–Crippen MR) is 94.3 cm³/mol. The molecular weight excluding hydrogens is 338 g/mol. The van der Waals surface area contributed by atoms with Crippen LogP contribution in [-0.2, 0) is 9.59 Å². The number of carbonyl (C=O) groups is 3. The maximum absolute atomic E-state index is 12.2. The van der Waals surface area contributed by atoms with Gasteiger partial charge >= 0.3 is 0 Å². The molecule has 3 N–H and O–H groups in total. The molecule has 1 aliphatic heterocycles. The highest BCUT2D eigenvalue weighted by molar-refractivity contribution is 6.00. The Morgan fingerprint density at radius 3 is 2.54 bits per heavy atom. The van der Waals surface area contributed by atoms with Crippen LogP contribution in [0.2, 0.25) is 0 Å². The van der Waals surface area contributed by atoms with E-state index >= 15 is 0 Å². The molecule has 0 saturated heterocycles. The molecule has 0 aromatic heterocycles. The van der Waals surface area contributed by atoms with E-state index in [1.165, 1.54) is 13.0 Å². The van der Waals surface area contributed by atoms with Gasteiger partial charge in [-0.2, -0.15) is 0 Å². The molecule has 2 aromatic rings. The summed E-state index contributed by atoms with van der Waals surface area (Å²) in [6.45, 7) is 1.34. The van der Waals surface area contributed by atoms with Gasteiger partial charge in [-0.05, 0) is 30.3 Å². The molecule has 8 nitrogen and oxygen atoms in total. The average molecular weight is 355 g/mol. The first-order chi connectivity index (χ1) is 12.5. The third kappa shape index (κ3) is 4.29. The van der Waals surface area contributed by atoms with E-state index in [1.54, 1.807) is 36.4 Å². The van der Waals surface area contributed by atoms with Gasteiger partial charge in [-0.25, -0.2) is 0 Å². The van der Waals surface area contributed by atoms with Crippen LogP contribution in [-0.4, -0.2) is 31.1 Å². The van der Waals surface area contributed by atoms with E-state index in [4.69, 9.17) is 9.47 Å². The highest BCUT2D eigenvalue weighted by Gasteiger charge is 2.14. The predicted octanol–water partition coefficient (Wildman–Crippen LogP) is 1.74. The molecule has 0 atom stereocenters. The normalized spacial score (nSPS) is 11.6. The SMILES string of the molecule is CC(=O)Nc1cccc(C(=O)NCC(=O)Nc2ccc3c(c2)OCO3)c1. The Kier molecular flexibility index (Phi) is 5.02. The molecule has 1 heterocycles. The first-order valence-electron chi connectivity index (χ1n) is 7.86. The number of fused-ring (bicyclic) bond motifs is 1. The lowest BCUT2D eigenvalue weighted by molar-refractivity contribution is -0.115. The van der Waals surface area contributed by atoms with Crippen molar-refractivity contribution in [2.45, 2.75) is 6.92 Å². The van der Waals surface area contributed by atoms with Crippen molar-refractivity contribution >= 4 is 29.1 Å². The average Bonchev–Trinajstić information content (AvgIpc) is 3.07. The van der Waals surface area contributed by atoms with E-state index in [0.717, 1.165) is 0 Å². The summed E-state index contributed by atoms with van der Waals surface area (Å²) in [5, 5.41) is 7.80. The van der Waals surface area contributed by atoms with Gasteiger partial charge in [0.05, 0.1) is 6.54 Å². The minimum atomic E-state index is -0.418. The van der Waals surface area contributed by atoms with Crippen LogP contribution >= 0.6 is 0 Å². The van der Waals surface area contributed by atoms with E-state index in [-0.39, 0.29) is 25.2 Å². The summed E-state index contributed by atoms with van der Waals surface area (Å²) >= 11 is 0. The molecule has 0 fully saturated rings. The number of carbonyl (C=O) groups excluding carboxylic acids is 3. The van der Waals surface area contributed by atoms with E-state index in [0.29, 0.717) is 28.4 Å². The van der Waals surface area contributed by atoms with Crippen molar-refractivity contribution < 1.29 is 23.9 Å². The molecule has 134 valence electrons. The number of rotatable bonds is 5. The maximum Gasteiger partial charge on any atom is 0.251 e. The summed E-state index contributed by atoms with van der Waals surface area (Å²) < 4.78 is 10.4. The van der Waals surface area contributed by atoms with Crippen LogP contribution in [0.3, 0.4) is 0 Å². The zero-order valence-electron chi connectivity index (χ0n) is 14.0. The Bertz CT molecular complexity index is 866. The Labute approximate surface area is 149 Å². The molecule has 26 heavy (non-hydrogen) atoms. The fraction of sp³-hybridized carbons (Fsp3) is 0.167. The van der Waals surface area contributed by atoms with Crippen LogP contribution in [0, 0.1) is 0 Å². The molecule has 0 spiro atoms. The minimum Gasteiger partial charge on any atom is -0.454 e. The summed E-state index contributed by atoms with van der Waals surface area (Å²) in [5.41, 5.74) is 1.39. The van der Waals surface area contributed by atoms with Gasteiger partial charge in [-0.15, -0.1) is 0 Å². The van der Waals surface area contributed by atoms with Crippen molar-refractivity contribution in [2.24, 2.45) is 0 Å². The van der Waals surface area contributed by atoms with E-state index < -0.39 is 5.91 Å². The molecule has 0 radical (unpaired) electrons. The number of amides is 3. The Morgan fingerprint density at radius 1 is 0.962 bits per heavy atom. The lowest BCUT2D eigenvalue weighted by Crippen LogP contribution is -2.32. The third-order valence-corrected chi connectivity index (χ3v) is 3.51. The number of nitrogens with one attached hydrogen (secondary N) is 3. The fourth-order valence-corrected chi connectivity index (χ4v) is 2.38. The molecule has 0 bridgehead atoms. The van der Waals surface area contributed by atoms with Gasteiger partial charge in [0.1, 0.15) is 0 Å². The topological polar surface area (TPSA) is 106 Å². The zero-order chi connectivity index (χ0) is 18.5. The third-order valence-electron chi connectivity index (χ3n) is 3.51. The van der Waals surface area contributed by atoms with Crippen LogP contribution < -0.4 is 25.4 Å². The largest absolute Gasteiger partial charge is 0.454 e. The van der Waals surface area contributed by atoms with Crippen LogP contribution in [0.4, 0.5) is 11.4 Å². The second-order valence-corrected chi connectivity index (χ2v) is 5.56. The number of benzene rings is 2. The number of hydrogen-bond donors (Lipinski definition) is 3. The van der Waals surface area contributed by atoms with Gasteiger partial charge in [0.25, 0.3) is 5.91 Å². The first-order valence-corrected chi connectivity index (χ1v) is 7.86. The lowest BCUT2D eigenvalue weighted by atomic mass is 10.2. The monoisotopic (exact) mass is 355 g/mol. The van der Waals surface area contributed by atoms with Crippen LogP contribution in [0.1, 0.15) is 17.3 Å². The standard InChI is InChI=1S/C18H17N3O5/c1-11(22)20-13-4-2-3-12(7-13)18(24)19-9-17(23)21-14-5-6-15-16(8-14)26-10-25-15/h2-8H,9-10H2,1H3,(H,19,24)(H,20,22)(H,21,23). The van der Waals surface area contributed by atoms with Gasteiger partial charge in [0.15, 0.2) is 11.5 Å². The molecule has 0 aliphatic carbocycles. The van der Waals surface area contributed by atoms with Crippen molar-refractivity contribution in [1.82, 2.24) is 5.32 Å². The Morgan fingerprint density at radius 2 is 1.73 bits per heavy atom. The van der Waals surface area contributed by atoms with Crippen molar-refractivity contribution in [2.75, 3.05) is 24.0 Å². The second kappa shape index (κ2) is 7.56. The van der Waals surface area contributed by atoms with Crippen molar-refractivity contribution in [1.29, 1.82) is 0 Å². The molecule has 2 aromatic carbocycles. The minimum absolute atomic E-state index is 0.153. The fourth-order valence-electron chi connectivity index (χ4n) is 2.38. The van der Waals surface area contributed by atoms with Gasteiger partial charge in [0.2, 0.25) is 18.6 Å². The quantitative estimate of drug-likeness (QED) is 0.758. The summed E-state index contributed by atoms with van der Waals surface area (Å²) in [6.07, 6.45) is 0. The lowest BCUT2D eigenvalue weighted by Gasteiger charge is -2.09. The molecule has 1 aliphatic rings.